The minimum Gasteiger partial charge on any atom is -0.405 e. The van der Waals surface area contributed by atoms with Gasteiger partial charge in [-0.25, -0.2) is 0 Å². The molecule has 3 N–H and O–H groups in total. The molecule has 0 radical (unpaired) electrons. The molecule has 3 nitrogen and oxygen atoms in total. The second-order valence-corrected chi connectivity index (χ2v) is 5.63. The highest BCUT2D eigenvalue weighted by Crippen LogP contribution is 2.39. The second kappa shape index (κ2) is 6.02. The number of benzene rings is 1. The summed E-state index contributed by atoms with van der Waals surface area (Å²) in [5.74, 6) is 6.33. The lowest BCUT2D eigenvalue weighted by molar-refractivity contribution is -0.275. The summed E-state index contributed by atoms with van der Waals surface area (Å²) < 4.78 is 41.2. The third kappa shape index (κ3) is 3.77. The van der Waals surface area contributed by atoms with Crippen LogP contribution in [0.4, 0.5) is 13.2 Å². The van der Waals surface area contributed by atoms with Crippen molar-refractivity contribution < 1.29 is 17.9 Å². The molecule has 2 unspecified atom stereocenters. The van der Waals surface area contributed by atoms with Gasteiger partial charge in [-0.05, 0) is 24.7 Å². The van der Waals surface area contributed by atoms with E-state index in [-0.39, 0.29) is 17.0 Å². The maximum atomic E-state index is 12.4. The summed E-state index contributed by atoms with van der Waals surface area (Å²) in [5, 5.41) is 0.169. The van der Waals surface area contributed by atoms with Crippen molar-refractivity contribution in [2.24, 2.45) is 5.84 Å². The molecule has 1 fully saturated rings. The number of hydrogen-bond donors (Lipinski definition) is 2. The Hall–Kier alpha value is -0.920. The first-order valence-corrected chi connectivity index (χ1v) is 6.98. The Balaban J connectivity index is 2.26. The van der Waals surface area contributed by atoms with Crippen molar-refractivity contribution in [2.75, 3.05) is 5.75 Å². The van der Waals surface area contributed by atoms with Gasteiger partial charge in [-0.1, -0.05) is 18.2 Å². The van der Waals surface area contributed by atoms with Gasteiger partial charge in [0.1, 0.15) is 5.75 Å². The minimum atomic E-state index is -4.70. The van der Waals surface area contributed by atoms with Gasteiger partial charge < -0.3 is 4.74 Å². The number of thioether (sulfide) groups is 1. The molecule has 0 spiro atoms. The lowest BCUT2D eigenvalue weighted by atomic mass is 10.0. The molecular weight excluding hydrogens is 277 g/mol. The predicted octanol–water partition coefficient (Wildman–Crippen LogP) is 2.99. The number of halogens is 3. The largest absolute Gasteiger partial charge is 0.573 e. The van der Waals surface area contributed by atoms with Crippen LogP contribution in [0.1, 0.15) is 24.4 Å². The van der Waals surface area contributed by atoms with Crippen LogP contribution in [0.3, 0.4) is 0 Å². The highest BCUT2D eigenvalue weighted by molar-refractivity contribution is 8.00. The highest BCUT2D eigenvalue weighted by atomic mass is 32.2. The molecule has 0 aromatic heterocycles. The molecule has 0 saturated carbocycles. The standard InChI is InChI=1S/C12H15F3N2OS/c13-12(14,15)18-9-5-2-1-4-8(9)11(17-16)10-6-3-7-19-10/h1-2,4-5,10-11,17H,3,6-7,16H2. The highest BCUT2D eigenvalue weighted by Gasteiger charge is 2.34. The molecule has 1 aliphatic rings. The van der Waals surface area contributed by atoms with E-state index in [9.17, 15) is 13.2 Å². The molecule has 0 amide bonds. The zero-order chi connectivity index (χ0) is 13.9. The number of hydrogen-bond acceptors (Lipinski definition) is 4. The summed E-state index contributed by atoms with van der Waals surface area (Å²) in [6.45, 7) is 0. The number of alkyl halides is 3. The van der Waals surface area contributed by atoms with Crippen LogP contribution in [0.5, 0.6) is 5.75 Å². The Bertz CT molecular complexity index is 422. The van der Waals surface area contributed by atoms with Gasteiger partial charge >= 0.3 is 6.36 Å². The Kier molecular flexibility index (Phi) is 4.59. The van der Waals surface area contributed by atoms with Crippen molar-refractivity contribution in [1.82, 2.24) is 5.43 Å². The predicted molar refractivity (Wildman–Crippen MR) is 68.7 cm³/mol. The van der Waals surface area contributed by atoms with Crippen molar-refractivity contribution in [3.8, 4) is 5.75 Å². The zero-order valence-corrected chi connectivity index (χ0v) is 10.9. The fourth-order valence-electron chi connectivity index (χ4n) is 2.22. The number of ether oxygens (including phenoxy) is 1. The van der Waals surface area contributed by atoms with Crippen LogP contribution >= 0.6 is 11.8 Å². The average Bonchev–Trinajstić information content (AvgIpc) is 2.84. The van der Waals surface area contributed by atoms with Gasteiger partial charge in [0.2, 0.25) is 0 Å². The first kappa shape index (κ1) is 14.5. The van der Waals surface area contributed by atoms with Crippen LogP contribution in [0.2, 0.25) is 0 Å². The van der Waals surface area contributed by atoms with Crippen LogP contribution in [0.15, 0.2) is 24.3 Å². The maximum Gasteiger partial charge on any atom is 0.573 e. The summed E-state index contributed by atoms with van der Waals surface area (Å²) in [6.07, 6.45) is -2.71. The van der Waals surface area contributed by atoms with Gasteiger partial charge in [0.05, 0.1) is 6.04 Å². The lowest BCUT2D eigenvalue weighted by Crippen LogP contribution is -2.35. The maximum absolute atomic E-state index is 12.4. The van der Waals surface area contributed by atoms with E-state index in [4.69, 9.17) is 5.84 Å². The molecule has 1 aliphatic heterocycles. The lowest BCUT2D eigenvalue weighted by Gasteiger charge is -2.24. The van der Waals surface area contributed by atoms with Crippen molar-refractivity contribution in [2.45, 2.75) is 30.5 Å². The normalized spacial score (nSPS) is 21.4. The summed E-state index contributed by atoms with van der Waals surface area (Å²) >= 11 is 1.72. The number of hydrazine groups is 1. The van der Waals surface area contributed by atoms with E-state index in [0.717, 1.165) is 18.6 Å². The second-order valence-electron chi connectivity index (χ2n) is 4.28. The Morgan fingerprint density at radius 1 is 1.37 bits per heavy atom. The van der Waals surface area contributed by atoms with Crippen LogP contribution in [-0.2, 0) is 0 Å². The molecule has 7 heteroatoms. The third-order valence-corrected chi connectivity index (χ3v) is 4.46. The molecule has 0 aliphatic carbocycles. The fourth-order valence-corrected chi connectivity index (χ4v) is 3.60. The Morgan fingerprint density at radius 3 is 2.68 bits per heavy atom. The number of para-hydroxylation sites is 1. The smallest absolute Gasteiger partial charge is 0.405 e. The van der Waals surface area contributed by atoms with Gasteiger partial charge in [-0.15, -0.1) is 13.2 Å². The van der Waals surface area contributed by atoms with Crippen molar-refractivity contribution in [1.29, 1.82) is 0 Å². The first-order valence-electron chi connectivity index (χ1n) is 5.93. The van der Waals surface area contributed by atoms with Gasteiger partial charge in [0.25, 0.3) is 0 Å². The van der Waals surface area contributed by atoms with Crippen LogP contribution < -0.4 is 16.0 Å². The molecule has 1 aromatic carbocycles. The Labute approximate surface area is 113 Å². The molecule has 2 atom stereocenters. The van der Waals surface area contributed by atoms with Crippen LogP contribution in [0, 0.1) is 0 Å². The summed E-state index contributed by atoms with van der Waals surface area (Å²) in [5.41, 5.74) is 3.06. The van der Waals surface area contributed by atoms with Crippen molar-refractivity contribution in [3.05, 3.63) is 29.8 Å². The number of nitrogens with two attached hydrogens (primary N) is 1. The van der Waals surface area contributed by atoms with Crippen LogP contribution in [0.25, 0.3) is 0 Å². The molecule has 1 saturated heterocycles. The molecule has 1 heterocycles. The summed E-state index contributed by atoms with van der Waals surface area (Å²) in [7, 11) is 0. The quantitative estimate of drug-likeness (QED) is 0.661. The van der Waals surface area contributed by atoms with Crippen molar-refractivity contribution >= 4 is 11.8 Å². The van der Waals surface area contributed by atoms with E-state index < -0.39 is 6.36 Å². The van der Waals surface area contributed by atoms with E-state index in [1.807, 2.05) is 0 Å². The van der Waals surface area contributed by atoms with Gasteiger partial charge in [-0.2, -0.15) is 11.8 Å². The number of nitrogens with one attached hydrogen (secondary N) is 1. The van der Waals surface area contributed by atoms with E-state index >= 15 is 0 Å². The molecule has 19 heavy (non-hydrogen) atoms. The molecule has 106 valence electrons. The third-order valence-electron chi connectivity index (χ3n) is 3.00. The molecule has 0 bridgehead atoms. The Morgan fingerprint density at radius 2 is 2.11 bits per heavy atom. The van der Waals surface area contributed by atoms with Crippen LogP contribution in [-0.4, -0.2) is 17.4 Å². The summed E-state index contributed by atoms with van der Waals surface area (Å²) in [6, 6.07) is 5.78. The first-order chi connectivity index (χ1) is 9.01. The monoisotopic (exact) mass is 292 g/mol. The van der Waals surface area contributed by atoms with E-state index in [1.54, 1.807) is 23.9 Å². The SMILES string of the molecule is NNC(c1ccccc1OC(F)(F)F)C1CCCS1. The fraction of sp³-hybridized carbons (Fsp3) is 0.500. The molecule has 1 aromatic rings. The molecule has 2 rings (SSSR count). The zero-order valence-electron chi connectivity index (χ0n) is 10.1. The van der Waals surface area contributed by atoms with E-state index in [2.05, 4.69) is 10.2 Å². The number of rotatable bonds is 4. The topological polar surface area (TPSA) is 47.3 Å². The summed E-state index contributed by atoms with van der Waals surface area (Å²) in [4.78, 5) is 0. The van der Waals surface area contributed by atoms with Gasteiger partial charge in [0, 0.05) is 10.8 Å². The van der Waals surface area contributed by atoms with Crippen molar-refractivity contribution in [3.63, 3.8) is 0 Å². The van der Waals surface area contributed by atoms with Gasteiger partial charge in [0.15, 0.2) is 0 Å². The van der Waals surface area contributed by atoms with E-state index in [1.165, 1.54) is 12.1 Å². The molecular formula is C12H15F3N2OS. The van der Waals surface area contributed by atoms with E-state index in [0.29, 0.717) is 5.56 Å². The minimum absolute atomic E-state index is 0.169. The average molecular weight is 292 g/mol. The van der Waals surface area contributed by atoms with Gasteiger partial charge in [-0.3, -0.25) is 11.3 Å².